The van der Waals surface area contributed by atoms with Gasteiger partial charge in [-0.05, 0) is 38.0 Å². The summed E-state index contributed by atoms with van der Waals surface area (Å²) < 4.78 is 0. The fourth-order valence-electron chi connectivity index (χ4n) is 1.78. The molecule has 2 saturated carbocycles. The predicted molar refractivity (Wildman–Crippen MR) is 57.4 cm³/mol. The molecule has 0 unspecified atom stereocenters. The third-order valence-electron chi connectivity index (χ3n) is 2.98. The van der Waals surface area contributed by atoms with Crippen molar-refractivity contribution in [3.05, 3.63) is 0 Å². The molecule has 0 radical (unpaired) electrons. The van der Waals surface area contributed by atoms with Gasteiger partial charge < -0.3 is 4.90 Å². The van der Waals surface area contributed by atoms with Gasteiger partial charge in [0.2, 0.25) is 5.91 Å². The molecule has 0 N–H and O–H groups in total. The molecule has 2 fully saturated rings. The Labute approximate surface area is 90.6 Å². The van der Waals surface area contributed by atoms with E-state index in [-0.39, 0.29) is 0 Å². The molecule has 2 aliphatic rings. The lowest BCUT2D eigenvalue weighted by Gasteiger charge is -2.22. The van der Waals surface area contributed by atoms with Gasteiger partial charge in [0.1, 0.15) is 0 Å². The van der Waals surface area contributed by atoms with E-state index in [2.05, 4.69) is 4.90 Å². The first kappa shape index (κ1) is 10.3. The second kappa shape index (κ2) is 4.52. The van der Waals surface area contributed by atoms with Crippen LogP contribution in [0.15, 0.2) is 0 Å². The second-order valence-electron chi connectivity index (χ2n) is 4.51. The first-order valence-corrected chi connectivity index (χ1v) is 6.20. The van der Waals surface area contributed by atoms with Crippen molar-refractivity contribution in [2.45, 2.75) is 44.6 Å². The number of carbonyl (C=O) groups is 1. The number of hydrogen-bond acceptors (Lipinski definition) is 1. The number of halogens is 1. The maximum Gasteiger partial charge on any atom is 0.222 e. The maximum atomic E-state index is 11.8. The topological polar surface area (TPSA) is 20.3 Å². The molecule has 0 heterocycles. The Balaban J connectivity index is 1.78. The molecule has 0 spiro atoms. The highest BCUT2D eigenvalue weighted by molar-refractivity contribution is 6.17. The Bertz CT molecular complexity index is 211. The van der Waals surface area contributed by atoms with Gasteiger partial charge in [0.25, 0.3) is 0 Å². The van der Waals surface area contributed by atoms with Crippen molar-refractivity contribution in [2.75, 3.05) is 12.4 Å². The Morgan fingerprint density at radius 1 is 1.29 bits per heavy atom. The maximum absolute atomic E-state index is 11.8. The quantitative estimate of drug-likeness (QED) is 0.624. The molecule has 0 bridgehead atoms. The Kier molecular flexibility index (Phi) is 3.32. The van der Waals surface area contributed by atoms with Crippen LogP contribution in [-0.4, -0.2) is 29.3 Å². The van der Waals surface area contributed by atoms with Crippen LogP contribution in [0.1, 0.15) is 38.5 Å². The van der Waals surface area contributed by atoms with Crippen molar-refractivity contribution in [3.63, 3.8) is 0 Å². The van der Waals surface area contributed by atoms with Crippen molar-refractivity contribution in [1.29, 1.82) is 0 Å². The van der Waals surface area contributed by atoms with Crippen LogP contribution in [0.4, 0.5) is 0 Å². The van der Waals surface area contributed by atoms with E-state index in [1.807, 2.05) is 0 Å². The molecule has 0 aliphatic heterocycles. The summed E-state index contributed by atoms with van der Waals surface area (Å²) in [6, 6.07) is 0.582. The SMILES string of the molecule is O=C(CCCCl)N(CC1CC1)C1CC1. The van der Waals surface area contributed by atoms with E-state index < -0.39 is 0 Å². The molecule has 1 amide bonds. The van der Waals surface area contributed by atoms with E-state index >= 15 is 0 Å². The highest BCUT2D eigenvalue weighted by Gasteiger charge is 2.35. The summed E-state index contributed by atoms with van der Waals surface area (Å²) in [6.07, 6.45) is 6.57. The summed E-state index contributed by atoms with van der Waals surface area (Å²) in [5.41, 5.74) is 0. The molecule has 2 rings (SSSR count). The summed E-state index contributed by atoms with van der Waals surface area (Å²) >= 11 is 5.59. The number of carbonyl (C=O) groups excluding carboxylic acids is 1. The van der Waals surface area contributed by atoms with Crippen LogP contribution in [0.2, 0.25) is 0 Å². The van der Waals surface area contributed by atoms with Gasteiger partial charge in [-0.1, -0.05) is 0 Å². The normalized spacial score (nSPS) is 20.9. The van der Waals surface area contributed by atoms with E-state index in [9.17, 15) is 4.79 Å². The number of nitrogens with zero attached hydrogens (tertiary/aromatic N) is 1. The van der Waals surface area contributed by atoms with Crippen LogP contribution in [0.25, 0.3) is 0 Å². The molecule has 3 heteroatoms. The molecule has 2 nitrogen and oxygen atoms in total. The minimum Gasteiger partial charge on any atom is -0.339 e. The van der Waals surface area contributed by atoms with E-state index in [4.69, 9.17) is 11.6 Å². The Hall–Kier alpha value is -0.240. The zero-order valence-corrected chi connectivity index (χ0v) is 9.30. The molecular formula is C11H18ClNO. The van der Waals surface area contributed by atoms with Gasteiger partial charge in [-0.3, -0.25) is 4.79 Å². The first-order chi connectivity index (χ1) is 6.81. The predicted octanol–water partition coefficient (Wildman–Crippen LogP) is 2.41. The minimum absolute atomic E-state index is 0.333. The van der Waals surface area contributed by atoms with Crippen molar-refractivity contribution in [1.82, 2.24) is 4.90 Å². The van der Waals surface area contributed by atoms with E-state index in [0.717, 1.165) is 18.9 Å². The van der Waals surface area contributed by atoms with Crippen molar-refractivity contribution < 1.29 is 4.79 Å². The average Bonchev–Trinajstić information content (AvgIpc) is 3.02. The Morgan fingerprint density at radius 3 is 2.50 bits per heavy atom. The third kappa shape index (κ3) is 2.88. The fraction of sp³-hybridized carbons (Fsp3) is 0.909. The standard InChI is InChI=1S/C11H18ClNO/c12-7-1-2-11(14)13(10-5-6-10)8-9-3-4-9/h9-10H,1-8H2. The lowest BCUT2D eigenvalue weighted by Crippen LogP contribution is -2.34. The molecule has 0 aromatic carbocycles. The highest BCUT2D eigenvalue weighted by Crippen LogP contribution is 2.35. The van der Waals surface area contributed by atoms with Gasteiger partial charge in [-0.2, -0.15) is 0 Å². The number of hydrogen-bond donors (Lipinski definition) is 0. The van der Waals surface area contributed by atoms with Gasteiger partial charge >= 0.3 is 0 Å². The largest absolute Gasteiger partial charge is 0.339 e. The van der Waals surface area contributed by atoms with Gasteiger partial charge in [0.05, 0.1) is 0 Å². The van der Waals surface area contributed by atoms with Gasteiger partial charge in [-0.15, -0.1) is 11.6 Å². The fourth-order valence-corrected chi connectivity index (χ4v) is 1.91. The van der Waals surface area contributed by atoms with Crippen molar-refractivity contribution in [3.8, 4) is 0 Å². The lowest BCUT2D eigenvalue weighted by molar-refractivity contribution is -0.132. The van der Waals surface area contributed by atoms with Crippen LogP contribution >= 0.6 is 11.6 Å². The molecule has 0 aromatic rings. The van der Waals surface area contributed by atoms with Crippen molar-refractivity contribution >= 4 is 17.5 Å². The summed E-state index contributed by atoms with van der Waals surface area (Å²) in [6.45, 7) is 1.02. The molecule has 0 aromatic heterocycles. The molecular weight excluding hydrogens is 198 g/mol. The summed E-state index contributed by atoms with van der Waals surface area (Å²) in [7, 11) is 0. The highest BCUT2D eigenvalue weighted by atomic mass is 35.5. The minimum atomic E-state index is 0.333. The summed E-state index contributed by atoms with van der Waals surface area (Å²) in [4.78, 5) is 13.9. The molecule has 80 valence electrons. The molecule has 2 aliphatic carbocycles. The third-order valence-corrected chi connectivity index (χ3v) is 3.25. The first-order valence-electron chi connectivity index (χ1n) is 5.66. The lowest BCUT2D eigenvalue weighted by atomic mass is 10.2. The van der Waals surface area contributed by atoms with Crippen LogP contribution in [0, 0.1) is 5.92 Å². The average molecular weight is 216 g/mol. The van der Waals surface area contributed by atoms with Crippen LogP contribution < -0.4 is 0 Å². The monoisotopic (exact) mass is 215 g/mol. The van der Waals surface area contributed by atoms with Gasteiger partial charge in [0.15, 0.2) is 0 Å². The van der Waals surface area contributed by atoms with Gasteiger partial charge in [0, 0.05) is 24.9 Å². The zero-order chi connectivity index (χ0) is 9.97. The number of amides is 1. The van der Waals surface area contributed by atoms with E-state index in [1.54, 1.807) is 0 Å². The Morgan fingerprint density at radius 2 is 2.00 bits per heavy atom. The molecule has 14 heavy (non-hydrogen) atoms. The second-order valence-corrected chi connectivity index (χ2v) is 4.89. The van der Waals surface area contributed by atoms with Crippen LogP contribution in [0.3, 0.4) is 0 Å². The number of rotatable bonds is 6. The number of alkyl halides is 1. The van der Waals surface area contributed by atoms with E-state index in [0.29, 0.717) is 24.2 Å². The van der Waals surface area contributed by atoms with E-state index in [1.165, 1.54) is 25.7 Å². The summed E-state index contributed by atoms with van der Waals surface area (Å²) in [5, 5.41) is 0. The van der Waals surface area contributed by atoms with Gasteiger partial charge in [-0.25, -0.2) is 0 Å². The van der Waals surface area contributed by atoms with Crippen LogP contribution in [-0.2, 0) is 4.79 Å². The zero-order valence-electron chi connectivity index (χ0n) is 8.54. The molecule has 0 saturated heterocycles. The molecule has 0 atom stereocenters. The summed E-state index contributed by atoms with van der Waals surface area (Å²) in [5.74, 6) is 1.75. The van der Waals surface area contributed by atoms with Crippen molar-refractivity contribution in [2.24, 2.45) is 5.92 Å². The smallest absolute Gasteiger partial charge is 0.222 e. The van der Waals surface area contributed by atoms with Crippen LogP contribution in [0.5, 0.6) is 0 Å².